The molecule has 4 rings (SSSR count). The second-order valence-electron chi connectivity index (χ2n) is 11.5. The van der Waals surface area contributed by atoms with Crippen molar-refractivity contribution in [3.8, 4) is 0 Å². The maximum Gasteiger partial charge on any atom is 0.320 e. The molecule has 0 saturated heterocycles. The van der Waals surface area contributed by atoms with Crippen LogP contribution in [0, 0.1) is 40.4 Å². The Morgan fingerprint density at radius 1 is 1.12 bits per heavy atom. The highest BCUT2D eigenvalue weighted by atomic mass is 16.5. The van der Waals surface area contributed by atoms with Crippen molar-refractivity contribution in [3.05, 3.63) is 12.2 Å². The van der Waals surface area contributed by atoms with Crippen LogP contribution in [0.25, 0.3) is 0 Å². The second kappa shape index (κ2) is 8.87. The molecule has 3 fully saturated rings. The molecule has 0 aromatic rings. The lowest BCUT2D eigenvalue weighted by Crippen LogP contribution is -2.59. The highest BCUT2D eigenvalue weighted by Gasteiger charge is 2.64. The first-order valence-corrected chi connectivity index (χ1v) is 12.9. The van der Waals surface area contributed by atoms with E-state index in [0.29, 0.717) is 30.1 Å². The molecule has 32 heavy (non-hydrogen) atoms. The Bertz CT molecular complexity index is 761. The number of esters is 1. The van der Waals surface area contributed by atoms with E-state index in [9.17, 15) is 14.7 Å². The van der Waals surface area contributed by atoms with Gasteiger partial charge in [-0.1, -0.05) is 39.8 Å². The summed E-state index contributed by atoms with van der Waals surface area (Å²) in [5, 5.41) is 10.3. The molecule has 0 bridgehead atoms. The zero-order chi connectivity index (χ0) is 23.3. The van der Waals surface area contributed by atoms with Crippen LogP contribution in [0.3, 0.4) is 0 Å². The second-order valence-corrected chi connectivity index (χ2v) is 11.5. The minimum absolute atomic E-state index is 0.0715. The highest BCUT2D eigenvalue weighted by molar-refractivity contribution is 5.79. The third-order valence-electron chi connectivity index (χ3n) is 10.1. The number of hydrogen-bond acceptors (Lipinski definition) is 5. The number of carbonyl (C=O) groups is 2. The van der Waals surface area contributed by atoms with Crippen molar-refractivity contribution in [1.29, 1.82) is 0 Å². The number of ether oxygens (including phenoxy) is 1. The van der Waals surface area contributed by atoms with Crippen LogP contribution < -0.4 is 0 Å². The van der Waals surface area contributed by atoms with Gasteiger partial charge in [-0.05, 0) is 87.1 Å². The van der Waals surface area contributed by atoms with Gasteiger partial charge in [0.2, 0.25) is 0 Å². The van der Waals surface area contributed by atoms with Crippen LogP contribution in [-0.4, -0.2) is 53.6 Å². The number of nitrogens with zero attached hydrogens (tertiary/aromatic N) is 1. The van der Waals surface area contributed by atoms with Crippen molar-refractivity contribution in [2.75, 3.05) is 19.6 Å². The standard InChI is InChI=1S/C27H43NO4/c1-6-28(7-2)16-24(31)32-23-15-27(5)21(17(3)29)10-11-22(27)20-9-8-18-14-19(30)12-13-26(18,4)25(20)23/h12-13,18-23,25,30H,6-11,14-16H2,1-5H3/t18?,19?,20-,21+,22-,23?,25+,26-,27+/m0/s1. The van der Waals surface area contributed by atoms with Crippen molar-refractivity contribution in [2.24, 2.45) is 40.4 Å². The van der Waals surface area contributed by atoms with E-state index in [2.05, 4.69) is 38.7 Å². The number of carbonyl (C=O) groups excluding carboxylic acids is 2. The Balaban J connectivity index is 1.68. The molecule has 0 amide bonds. The Hall–Kier alpha value is -1.20. The van der Waals surface area contributed by atoms with E-state index in [1.54, 1.807) is 6.92 Å². The fourth-order valence-corrected chi connectivity index (χ4v) is 8.49. The summed E-state index contributed by atoms with van der Waals surface area (Å²) < 4.78 is 6.35. The average molecular weight is 446 g/mol. The molecule has 1 N–H and O–H groups in total. The van der Waals surface area contributed by atoms with Crippen LogP contribution in [0.4, 0.5) is 0 Å². The zero-order valence-corrected chi connectivity index (χ0v) is 20.7. The van der Waals surface area contributed by atoms with Crippen molar-refractivity contribution in [2.45, 2.75) is 85.4 Å². The van der Waals surface area contributed by atoms with Crippen molar-refractivity contribution in [3.63, 3.8) is 0 Å². The maximum atomic E-state index is 13.1. The third-order valence-corrected chi connectivity index (χ3v) is 10.1. The number of likely N-dealkylation sites (N-methyl/N-ethyl adjacent to an activating group) is 1. The molecule has 4 aliphatic carbocycles. The summed E-state index contributed by atoms with van der Waals surface area (Å²) in [4.78, 5) is 27.7. The summed E-state index contributed by atoms with van der Waals surface area (Å²) in [6.45, 7) is 12.5. The molecule has 0 spiro atoms. The quantitative estimate of drug-likeness (QED) is 0.489. The number of aliphatic hydroxyl groups is 1. The van der Waals surface area contributed by atoms with E-state index < -0.39 is 0 Å². The maximum absolute atomic E-state index is 13.1. The minimum Gasteiger partial charge on any atom is -0.461 e. The van der Waals surface area contributed by atoms with Gasteiger partial charge in [-0.15, -0.1) is 0 Å². The summed E-state index contributed by atoms with van der Waals surface area (Å²) in [6.07, 6.45) is 9.55. The summed E-state index contributed by atoms with van der Waals surface area (Å²) in [5.74, 6) is 1.88. The van der Waals surface area contributed by atoms with E-state index >= 15 is 0 Å². The summed E-state index contributed by atoms with van der Waals surface area (Å²) >= 11 is 0. The minimum atomic E-state index is -0.365. The van der Waals surface area contributed by atoms with Gasteiger partial charge in [-0.2, -0.15) is 0 Å². The van der Waals surface area contributed by atoms with Crippen molar-refractivity contribution >= 4 is 11.8 Å². The fraction of sp³-hybridized carbons (Fsp3) is 0.852. The Labute approximate surface area is 194 Å². The van der Waals surface area contributed by atoms with Gasteiger partial charge in [-0.25, -0.2) is 0 Å². The molecule has 0 heterocycles. The molecule has 0 radical (unpaired) electrons. The molecule has 4 aliphatic rings. The first-order chi connectivity index (χ1) is 15.1. The van der Waals surface area contributed by atoms with Crippen molar-refractivity contribution in [1.82, 2.24) is 4.90 Å². The monoisotopic (exact) mass is 445 g/mol. The number of hydrogen-bond donors (Lipinski definition) is 1. The number of rotatable bonds is 6. The smallest absolute Gasteiger partial charge is 0.320 e. The predicted molar refractivity (Wildman–Crippen MR) is 125 cm³/mol. The largest absolute Gasteiger partial charge is 0.461 e. The SMILES string of the molecule is CCN(CC)CC(=O)OC1C[C@]2(C)[C@@H](C(C)=O)CC[C@H]2[C@@H]2CCC3CC(O)C=C[C@]3(C)[C@@H]12. The zero-order valence-electron chi connectivity index (χ0n) is 20.7. The summed E-state index contributed by atoms with van der Waals surface area (Å²) in [7, 11) is 0. The molecule has 5 nitrogen and oxygen atoms in total. The van der Waals surface area contributed by atoms with Crippen LogP contribution in [0.5, 0.6) is 0 Å². The molecule has 3 saturated carbocycles. The van der Waals surface area contributed by atoms with E-state index in [1.807, 2.05) is 6.08 Å². The van der Waals surface area contributed by atoms with Gasteiger partial charge in [0.1, 0.15) is 11.9 Å². The molecular formula is C27H43NO4. The molecule has 0 aliphatic heterocycles. The Kier molecular flexibility index (Phi) is 6.63. The average Bonchev–Trinajstić information content (AvgIpc) is 3.09. The normalized spacial score (nSPS) is 45.2. The lowest BCUT2D eigenvalue weighted by molar-refractivity contribution is -0.186. The predicted octanol–water partition coefficient (Wildman–Crippen LogP) is 4.23. The van der Waals surface area contributed by atoms with Gasteiger partial charge in [0, 0.05) is 11.8 Å². The van der Waals surface area contributed by atoms with Crippen molar-refractivity contribution < 1.29 is 19.4 Å². The first kappa shape index (κ1) is 23.9. The van der Waals surface area contributed by atoms with Crippen LogP contribution in [0.15, 0.2) is 12.2 Å². The summed E-state index contributed by atoms with van der Waals surface area (Å²) in [6, 6.07) is 0. The van der Waals surface area contributed by atoms with Gasteiger partial charge < -0.3 is 9.84 Å². The van der Waals surface area contributed by atoms with E-state index in [4.69, 9.17) is 4.74 Å². The van der Waals surface area contributed by atoms with E-state index in [0.717, 1.165) is 51.6 Å². The third kappa shape index (κ3) is 3.87. The molecule has 180 valence electrons. The van der Waals surface area contributed by atoms with Gasteiger partial charge in [-0.3, -0.25) is 14.5 Å². The summed E-state index contributed by atoms with van der Waals surface area (Å²) in [5.41, 5.74) is -0.161. The lowest BCUT2D eigenvalue weighted by Gasteiger charge is -2.61. The van der Waals surface area contributed by atoms with Crippen LogP contribution in [0.1, 0.15) is 73.1 Å². The van der Waals surface area contributed by atoms with Crippen LogP contribution in [-0.2, 0) is 14.3 Å². The highest BCUT2D eigenvalue weighted by Crippen LogP contribution is 2.67. The first-order valence-electron chi connectivity index (χ1n) is 12.9. The van der Waals surface area contributed by atoms with Gasteiger partial charge in [0.25, 0.3) is 0 Å². The molecule has 0 aromatic heterocycles. The fourth-order valence-electron chi connectivity index (χ4n) is 8.49. The number of aliphatic hydroxyl groups excluding tert-OH is 1. The molecule has 5 heteroatoms. The van der Waals surface area contributed by atoms with Gasteiger partial charge in [0.05, 0.1) is 12.6 Å². The molecule has 9 atom stereocenters. The Morgan fingerprint density at radius 3 is 2.50 bits per heavy atom. The van der Waals surface area contributed by atoms with Crippen LogP contribution in [0.2, 0.25) is 0 Å². The molecule has 3 unspecified atom stereocenters. The topological polar surface area (TPSA) is 66.8 Å². The number of ketones is 1. The van der Waals surface area contributed by atoms with Gasteiger partial charge in [0.15, 0.2) is 0 Å². The van der Waals surface area contributed by atoms with E-state index in [-0.39, 0.29) is 40.8 Å². The number of Topliss-reactive ketones (excluding diaryl/α,β-unsaturated/α-hetero) is 1. The number of allylic oxidation sites excluding steroid dienone is 1. The molecule has 0 aromatic carbocycles. The Morgan fingerprint density at radius 2 is 1.84 bits per heavy atom. The van der Waals surface area contributed by atoms with Crippen LogP contribution >= 0.6 is 0 Å². The lowest BCUT2D eigenvalue weighted by atomic mass is 9.45. The molecular weight excluding hydrogens is 402 g/mol. The van der Waals surface area contributed by atoms with Gasteiger partial charge >= 0.3 is 5.97 Å². The number of fused-ring (bicyclic) bond motifs is 5. The van der Waals surface area contributed by atoms with E-state index in [1.165, 1.54) is 0 Å².